The lowest BCUT2D eigenvalue weighted by Crippen LogP contribution is -2.33. The largest absolute Gasteiger partial charge is 0.409 e. The van der Waals surface area contributed by atoms with Crippen LogP contribution in [0.1, 0.15) is 32.3 Å². The number of carbonyl (C=O) groups excluding carboxylic acids is 1. The van der Waals surface area contributed by atoms with Crippen LogP contribution in [0.3, 0.4) is 0 Å². The van der Waals surface area contributed by atoms with E-state index in [9.17, 15) is 4.79 Å². The summed E-state index contributed by atoms with van der Waals surface area (Å²) in [5.74, 6) is -0.0196. The molecular weight excluding hydrogens is 242 g/mol. The second kappa shape index (κ2) is 6.78. The average Bonchev–Trinajstić information content (AvgIpc) is 2.45. The number of amidine groups is 1. The molecule has 0 saturated carbocycles. The van der Waals surface area contributed by atoms with E-state index in [-0.39, 0.29) is 17.7 Å². The van der Waals surface area contributed by atoms with Crippen LogP contribution < -0.4 is 10.6 Å². The molecule has 0 aromatic heterocycles. The monoisotopic (exact) mass is 263 g/mol. The lowest BCUT2D eigenvalue weighted by atomic mass is 10.0. The Hall–Kier alpha value is -2.04. The van der Waals surface area contributed by atoms with Crippen molar-refractivity contribution in [1.82, 2.24) is 0 Å². The number of oxime groups is 1. The molecule has 0 aliphatic carbocycles. The number of para-hydroxylation sites is 1. The van der Waals surface area contributed by atoms with Crippen LogP contribution in [0.4, 0.5) is 5.69 Å². The van der Waals surface area contributed by atoms with Gasteiger partial charge in [0.2, 0.25) is 5.91 Å². The molecule has 0 radical (unpaired) electrons. The highest BCUT2D eigenvalue weighted by molar-refractivity contribution is 6.06. The molecule has 1 rings (SSSR count). The summed E-state index contributed by atoms with van der Waals surface area (Å²) in [5, 5.41) is 11.8. The molecule has 5 heteroatoms. The molecule has 1 unspecified atom stereocenters. The molecule has 1 aromatic carbocycles. The van der Waals surface area contributed by atoms with Crippen molar-refractivity contribution in [3.63, 3.8) is 0 Å². The first kappa shape index (κ1) is 15.0. The molecule has 3 N–H and O–H groups in total. The number of carbonyl (C=O) groups is 1. The Morgan fingerprint density at radius 3 is 2.68 bits per heavy atom. The normalized spacial score (nSPS) is 13.1. The zero-order chi connectivity index (χ0) is 14.4. The van der Waals surface area contributed by atoms with E-state index in [0.29, 0.717) is 11.3 Å². The number of amides is 1. The quantitative estimate of drug-likeness (QED) is 0.370. The van der Waals surface area contributed by atoms with Gasteiger partial charge in [0, 0.05) is 18.5 Å². The average molecular weight is 263 g/mol. The van der Waals surface area contributed by atoms with E-state index in [4.69, 9.17) is 10.9 Å². The third-order valence-electron chi connectivity index (χ3n) is 3.12. The highest BCUT2D eigenvalue weighted by Gasteiger charge is 2.20. The third kappa shape index (κ3) is 3.47. The highest BCUT2D eigenvalue weighted by Crippen LogP contribution is 2.21. The molecular formula is C14H21N3O2. The zero-order valence-corrected chi connectivity index (χ0v) is 11.6. The molecule has 0 saturated heterocycles. The fourth-order valence-electron chi connectivity index (χ4n) is 2.04. The lowest BCUT2D eigenvalue weighted by molar-refractivity contribution is -0.121. The Morgan fingerprint density at radius 2 is 2.11 bits per heavy atom. The molecule has 104 valence electrons. The molecule has 1 atom stereocenters. The SMILES string of the molecule is CCCC(C)C(=O)N(C)c1ccccc1C(N)=NO. The van der Waals surface area contributed by atoms with E-state index in [1.165, 1.54) is 0 Å². The molecule has 1 aromatic rings. The Morgan fingerprint density at radius 1 is 1.47 bits per heavy atom. The van der Waals surface area contributed by atoms with Crippen molar-refractivity contribution in [2.45, 2.75) is 26.7 Å². The molecule has 0 spiro atoms. The predicted octanol–water partition coefficient (Wildman–Crippen LogP) is 2.18. The van der Waals surface area contributed by atoms with Crippen molar-refractivity contribution in [1.29, 1.82) is 0 Å². The molecule has 0 fully saturated rings. The van der Waals surface area contributed by atoms with E-state index < -0.39 is 0 Å². The lowest BCUT2D eigenvalue weighted by Gasteiger charge is -2.23. The maximum Gasteiger partial charge on any atom is 0.229 e. The van der Waals surface area contributed by atoms with Gasteiger partial charge in [0.1, 0.15) is 0 Å². The Labute approximate surface area is 113 Å². The van der Waals surface area contributed by atoms with Crippen LogP contribution in [-0.2, 0) is 4.79 Å². The van der Waals surface area contributed by atoms with Crippen molar-refractivity contribution < 1.29 is 10.0 Å². The fourth-order valence-corrected chi connectivity index (χ4v) is 2.04. The summed E-state index contributed by atoms with van der Waals surface area (Å²) in [6.45, 7) is 3.96. The predicted molar refractivity (Wildman–Crippen MR) is 76.4 cm³/mol. The Kier molecular flexibility index (Phi) is 5.36. The van der Waals surface area contributed by atoms with E-state index >= 15 is 0 Å². The molecule has 0 aliphatic rings. The highest BCUT2D eigenvalue weighted by atomic mass is 16.4. The minimum absolute atomic E-state index is 0.00149. The third-order valence-corrected chi connectivity index (χ3v) is 3.12. The van der Waals surface area contributed by atoms with Crippen molar-refractivity contribution in [2.24, 2.45) is 16.8 Å². The summed E-state index contributed by atoms with van der Waals surface area (Å²) in [6.07, 6.45) is 1.80. The molecule has 0 heterocycles. The first-order valence-electron chi connectivity index (χ1n) is 6.37. The van der Waals surface area contributed by atoms with Gasteiger partial charge in [0.25, 0.3) is 0 Å². The molecule has 19 heavy (non-hydrogen) atoms. The van der Waals surface area contributed by atoms with E-state index in [1.54, 1.807) is 30.1 Å². The van der Waals surface area contributed by atoms with Crippen molar-refractivity contribution in [3.8, 4) is 0 Å². The van der Waals surface area contributed by atoms with Crippen LogP contribution in [0.2, 0.25) is 0 Å². The number of hydrogen-bond acceptors (Lipinski definition) is 3. The van der Waals surface area contributed by atoms with Gasteiger partial charge in [-0.1, -0.05) is 37.6 Å². The van der Waals surface area contributed by atoms with Gasteiger partial charge in [-0.05, 0) is 18.6 Å². The van der Waals surface area contributed by atoms with Gasteiger partial charge in [-0.15, -0.1) is 0 Å². The van der Waals surface area contributed by atoms with E-state index in [0.717, 1.165) is 12.8 Å². The summed E-state index contributed by atoms with van der Waals surface area (Å²) in [5.41, 5.74) is 6.82. The topological polar surface area (TPSA) is 78.9 Å². The van der Waals surface area contributed by atoms with Gasteiger partial charge in [0.15, 0.2) is 5.84 Å². The summed E-state index contributed by atoms with van der Waals surface area (Å²) in [7, 11) is 1.71. The van der Waals surface area contributed by atoms with Gasteiger partial charge in [-0.3, -0.25) is 4.79 Å². The summed E-state index contributed by atoms with van der Waals surface area (Å²) in [4.78, 5) is 13.8. The van der Waals surface area contributed by atoms with Gasteiger partial charge in [-0.2, -0.15) is 0 Å². The van der Waals surface area contributed by atoms with Crippen molar-refractivity contribution in [2.75, 3.05) is 11.9 Å². The second-order valence-electron chi connectivity index (χ2n) is 4.59. The number of benzene rings is 1. The molecule has 1 amide bonds. The Bertz CT molecular complexity index is 472. The van der Waals surface area contributed by atoms with Crippen LogP contribution in [0.5, 0.6) is 0 Å². The molecule has 0 aliphatic heterocycles. The summed E-state index contributed by atoms with van der Waals surface area (Å²) >= 11 is 0. The van der Waals surface area contributed by atoms with Crippen LogP contribution in [0, 0.1) is 5.92 Å². The zero-order valence-electron chi connectivity index (χ0n) is 11.6. The van der Waals surface area contributed by atoms with Crippen LogP contribution in [0.25, 0.3) is 0 Å². The minimum atomic E-state index is -0.0460. The van der Waals surface area contributed by atoms with E-state index in [1.807, 2.05) is 19.9 Å². The molecule has 5 nitrogen and oxygen atoms in total. The number of anilines is 1. The number of nitrogens with zero attached hydrogens (tertiary/aromatic N) is 2. The van der Waals surface area contributed by atoms with Gasteiger partial charge in [0.05, 0.1) is 5.69 Å². The number of nitrogens with two attached hydrogens (primary N) is 1. The van der Waals surface area contributed by atoms with Gasteiger partial charge < -0.3 is 15.8 Å². The van der Waals surface area contributed by atoms with Crippen LogP contribution in [0.15, 0.2) is 29.4 Å². The number of rotatable bonds is 5. The first-order valence-corrected chi connectivity index (χ1v) is 6.37. The minimum Gasteiger partial charge on any atom is -0.409 e. The van der Waals surface area contributed by atoms with Gasteiger partial charge in [-0.25, -0.2) is 0 Å². The summed E-state index contributed by atoms with van der Waals surface area (Å²) < 4.78 is 0. The van der Waals surface area contributed by atoms with Gasteiger partial charge >= 0.3 is 0 Å². The Balaban J connectivity index is 3.06. The second-order valence-corrected chi connectivity index (χ2v) is 4.59. The maximum absolute atomic E-state index is 12.3. The van der Waals surface area contributed by atoms with Crippen LogP contribution in [-0.4, -0.2) is 24.0 Å². The molecule has 0 bridgehead atoms. The smallest absolute Gasteiger partial charge is 0.229 e. The number of hydrogen-bond donors (Lipinski definition) is 2. The van der Waals surface area contributed by atoms with E-state index in [2.05, 4.69) is 5.16 Å². The summed E-state index contributed by atoms with van der Waals surface area (Å²) in [6, 6.07) is 7.10. The van der Waals surface area contributed by atoms with Crippen molar-refractivity contribution in [3.05, 3.63) is 29.8 Å². The maximum atomic E-state index is 12.3. The van der Waals surface area contributed by atoms with Crippen LogP contribution >= 0.6 is 0 Å². The first-order chi connectivity index (χ1) is 9.02. The standard InChI is InChI=1S/C14H21N3O2/c1-4-7-10(2)14(18)17(3)12-9-6-5-8-11(12)13(15)16-19/h5-6,8-10,19H,4,7H2,1-3H3,(H2,15,16). The fraction of sp³-hybridized carbons (Fsp3) is 0.429. The van der Waals surface area contributed by atoms with Crippen molar-refractivity contribution >= 4 is 17.4 Å².